The molecule has 0 saturated carbocycles. The van der Waals surface area contributed by atoms with Crippen LogP contribution in [0.25, 0.3) is 0 Å². The molecule has 19 heavy (non-hydrogen) atoms. The normalized spacial score (nSPS) is 37.4. The van der Waals surface area contributed by atoms with Crippen molar-refractivity contribution in [2.75, 3.05) is 13.1 Å². The van der Waals surface area contributed by atoms with Crippen molar-refractivity contribution < 1.29 is 14.6 Å². The van der Waals surface area contributed by atoms with Crippen molar-refractivity contribution in [1.29, 1.82) is 0 Å². The number of aliphatic hydroxyl groups excluding tert-OH is 2. The van der Waals surface area contributed by atoms with Gasteiger partial charge in [-0.1, -0.05) is 20.8 Å². The number of hydrogen-bond acceptors (Lipinski definition) is 4. The minimum atomic E-state index is -1.92. The molecule has 2 heterocycles. The lowest BCUT2D eigenvalue weighted by Crippen LogP contribution is -2.62. The van der Waals surface area contributed by atoms with Crippen LogP contribution in [-0.4, -0.2) is 60.9 Å². The highest BCUT2D eigenvalue weighted by Gasteiger charge is 2.49. The molecule has 0 unspecified atom stereocenters. The van der Waals surface area contributed by atoms with Crippen LogP contribution < -0.4 is 0 Å². The molecule has 2 saturated heterocycles. The van der Waals surface area contributed by atoms with Gasteiger partial charge < -0.3 is 14.6 Å². The van der Waals surface area contributed by atoms with E-state index in [0.717, 1.165) is 19.4 Å². The summed E-state index contributed by atoms with van der Waals surface area (Å²) in [5.74, 6) is 0. The van der Waals surface area contributed by atoms with Crippen molar-refractivity contribution in [2.45, 2.75) is 76.1 Å². The summed E-state index contributed by atoms with van der Waals surface area (Å²) < 4.78 is 6.43. The van der Waals surface area contributed by atoms with Gasteiger partial charge in [0.25, 0.3) is 0 Å². The highest BCUT2D eigenvalue weighted by Crippen LogP contribution is 2.40. The molecule has 2 N–H and O–H groups in total. The van der Waals surface area contributed by atoms with E-state index in [2.05, 4.69) is 38.8 Å². The molecular formula is C14H29NO3Si. The molecule has 0 amide bonds. The van der Waals surface area contributed by atoms with Gasteiger partial charge in [-0.3, -0.25) is 4.90 Å². The molecule has 112 valence electrons. The Balaban J connectivity index is 2.16. The Morgan fingerprint density at radius 2 is 1.84 bits per heavy atom. The van der Waals surface area contributed by atoms with Crippen LogP contribution in [0.15, 0.2) is 0 Å². The molecule has 2 aliphatic rings. The monoisotopic (exact) mass is 287 g/mol. The van der Waals surface area contributed by atoms with Crippen molar-refractivity contribution >= 4 is 8.32 Å². The number of aliphatic hydroxyl groups is 2. The first-order valence-electron chi connectivity index (χ1n) is 7.41. The molecule has 4 atom stereocenters. The van der Waals surface area contributed by atoms with Crippen LogP contribution in [0, 0.1) is 0 Å². The van der Waals surface area contributed by atoms with Crippen LogP contribution in [-0.2, 0) is 4.43 Å². The quantitative estimate of drug-likeness (QED) is 0.757. The first-order chi connectivity index (χ1) is 8.63. The summed E-state index contributed by atoms with van der Waals surface area (Å²) in [4.78, 5) is 2.29. The average molecular weight is 287 g/mol. The van der Waals surface area contributed by atoms with Gasteiger partial charge in [0.15, 0.2) is 8.32 Å². The number of rotatable bonds is 2. The molecule has 0 aromatic heterocycles. The maximum atomic E-state index is 10.3. The van der Waals surface area contributed by atoms with E-state index in [9.17, 15) is 10.2 Å². The zero-order valence-electron chi connectivity index (χ0n) is 12.9. The summed E-state index contributed by atoms with van der Waals surface area (Å²) >= 11 is 0. The first kappa shape index (κ1) is 15.4. The second-order valence-electron chi connectivity index (χ2n) is 7.61. The fourth-order valence-electron chi connectivity index (χ4n) is 2.91. The van der Waals surface area contributed by atoms with Gasteiger partial charge in [0.2, 0.25) is 0 Å². The Morgan fingerprint density at radius 3 is 2.42 bits per heavy atom. The van der Waals surface area contributed by atoms with Crippen molar-refractivity contribution in [3.63, 3.8) is 0 Å². The molecule has 4 nitrogen and oxygen atoms in total. The van der Waals surface area contributed by atoms with Gasteiger partial charge in [-0.15, -0.1) is 0 Å². The van der Waals surface area contributed by atoms with E-state index in [1.165, 1.54) is 0 Å². The molecule has 0 radical (unpaired) electrons. The Labute approximate surface area is 117 Å². The predicted octanol–water partition coefficient (Wildman–Crippen LogP) is 1.58. The topological polar surface area (TPSA) is 52.9 Å². The molecular weight excluding hydrogens is 258 g/mol. The maximum absolute atomic E-state index is 10.3. The van der Waals surface area contributed by atoms with Gasteiger partial charge in [-0.05, 0) is 37.5 Å². The van der Waals surface area contributed by atoms with E-state index >= 15 is 0 Å². The van der Waals surface area contributed by atoms with Crippen LogP contribution in [0.4, 0.5) is 0 Å². The lowest BCUT2D eigenvalue weighted by atomic mass is 9.94. The van der Waals surface area contributed by atoms with Gasteiger partial charge in [0.1, 0.15) is 6.10 Å². The highest BCUT2D eigenvalue weighted by molar-refractivity contribution is 6.74. The van der Waals surface area contributed by atoms with E-state index in [4.69, 9.17) is 4.43 Å². The molecule has 2 rings (SSSR count). The van der Waals surface area contributed by atoms with Crippen LogP contribution >= 0.6 is 0 Å². The zero-order chi connectivity index (χ0) is 14.4. The third-order valence-electron chi connectivity index (χ3n) is 5.18. The van der Waals surface area contributed by atoms with Crippen LogP contribution in [0.5, 0.6) is 0 Å². The fourth-order valence-corrected chi connectivity index (χ4v) is 4.24. The standard InChI is InChI=1S/C14H29NO3Si/c1-14(2,3)19(4,5)18-13-10-7-6-8-15(10)9-11(16)12(13)17/h10-13,16-17H,6-9H2,1-5H3/t10-,11+,12+,13+/m1/s1. The molecule has 0 aromatic carbocycles. The summed E-state index contributed by atoms with van der Waals surface area (Å²) in [7, 11) is -1.92. The Morgan fingerprint density at radius 1 is 1.21 bits per heavy atom. The third kappa shape index (κ3) is 2.90. The fraction of sp³-hybridized carbons (Fsp3) is 1.00. The van der Waals surface area contributed by atoms with Crippen molar-refractivity contribution in [2.24, 2.45) is 0 Å². The molecule has 0 spiro atoms. The maximum Gasteiger partial charge on any atom is 0.192 e. The second-order valence-corrected chi connectivity index (χ2v) is 12.4. The van der Waals surface area contributed by atoms with E-state index < -0.39 is 20.5 Å². The molecule has 0 aromatic rings. The van der Waals surface area contributed by atoms with Crippen molar-refractivity contribution in [1.82, 2.24) is 4.90 Å². The van der Waals surface area contributed by atoms with E-state index in [1.807, 2.05) is 0 Å². The second kappa shape index (κ2) is 5.11. The Hall–Kier alpha value is 0.0569. The van der Waals surface area contributed by atoms with E-state index in [1.54, 1.807) is 0 Å². The van der Waals surface area contributed by atoms with Crippen LogP contribution in [0.3, 0.4) is 0 Å². The smallest absolute Gasteiger partial charge is 0.192 e. The molecule has 2 fully saturated rings. The van der Waals surface area contributed by atoms with Gasteiger partial charge in [0.05, 0.1) is 12.2 Å². The minimum absolute atomic E-state index is 0.124. The van der Waals surface area contributed by atoms with Crippen molar-refractivity contribution in [3.8, 4) is 0 Å². The predicted molar refractivity (Wildman–Crippen MR) is 78.7 cm³/mol. The molecule has 5 heteroatoms. The van der Waals surface area contributed by atoms with Crippen molar-refractivity contribution in [3.05, 3.63) is 0 Å². The largest absolute Gasteiger partial charge is 0.410 e. The van der Waals surface area contributed by atoms with E-state index in [0.29, 0.717) is 6.54 Å². The summed E-state index contributed by atoms with van der Waals surface area (Å²) in [6, 6.07) is 0.285. The third-order valence-corrected chi connectivity index (χ3v) is 9.66. The highest BCUT2D eigenvalue weighted by atomic mass is 28.4. The average Bonchev–Trinajstić information content (AvgIpc) is 2.70. The number of hydrogen-bond donors (Lipinski definition) is 2. The SMILES string of the molecule is CC(C)(C)[Si](C)(C)O[C@@H]1[C@@H](O)[C@@H](O)CN2CCC[C@H]12. The summed E-state index contributed by atoms with van der Waals surface area (Å²) in [6.07, 6.45) is 0.564. The van der Waals surface area contributed by atoms with Gasteiger partial charge in [-0.25, -0.2) is 0 Å². The van der Waals surface area contributed by atoms with Crippen LogP contribution in [0.2, 0.25) is 18.1 Å². The Bertz CT molecular complexity index is 329. The lowest BCUT2D eigenvalue weighted by molar-refractivity contribution is -0.121. The number of nitrogens with zero attached hydrogens (tertiary/aromatic N) is 1. The summed E-state index contributed by atoms with van der Waals surface area (Å²) in [5.41, 5.74) is 0. The summed E-state index contributed by atoms with van der Waals surface area (Å²) in [6.45, 7) is 12.6. The molecule has 0 bridgehead atoms. The molecule has 0 aliphatic carbocycles. The lowest BCUT2D eigenvalue weighted by Gasteiger charge is -2.48. The Kier molecular flexibility index (Phi) is 4.16. The van der Waals surface area contributed by atoms with Gasteiger partial charge in [0, 0.05) is 12.6 Å². The van der Waals surface area contributed by atoms with Gasteiger partial charge >= 0.3 is 0 Å². The minimum Gasteiger partial charge on any atom is -0.410 e. The van der Waals surface area contributed by atoms with E-state index in [-0.39, 0.29) is 17.2 Å². The number of piperidine rings is 1. The number of fused-ring (bicyclic) bond motifs is 1. The zero-order valence-corrected chi connectivity index (χ0v) is 13.9. The summed E-state index contributed by atoms with van der Waals surface area (Å²) in [5, 5.41) is 20.5. The molecule has 2 aliphatic heterocycles. The van der Waals surface area contributed by atoms with Crippen LogP contribution in [0.1, 0.15) is 33.6 Å². The first-order valence-corrected chi connectivity index (χ1v) is 10.3. The van der Waals surface area contributed by atoms with Gasteiger partial charge in [-0.2, -0.15) is 0 Å².